The van der Waals surface area contributed by atoms with E-state index in [4.69, 9.17) is 5.10 Å². The number of rotatable bonds is 5. The van der Waals surface area contributed by atoms with Gasteiger partial charge in [-0.15, -0.1) is 0 Å². The molecule has 2 rings (SSSR count). The summed E-state index contributed by atoms with van der Waals surface area (Å²) in [6, 6.07) is 8.79. The highest BCUT2D eigenvalue weighted by atomic mass is 79.9. The zero-order chi connectivity index (χ0) is 15.6. The number of aromatic nitrogens is 2. The Bertz CT molecular complexity index is 599. The Morgan fingerprint density at radius 1 is 1.14 bits per heavy atom. The van der Waals surface area contributed by atoms with Crippen LogP contribution in [0.25, 0.3) is 5.69 Å². The van der Waals surface area contributed by atoms with Gasteiger partial charge in [-0.1, -0.05) is 36.7 Å². The minimum absolute atomic E-state index is 0.455. The average molecular weight is 350 g/mol. The summed E-state index contributed by atoms with van der Waals surface area (Å²) in [7, 11) is 0. The second-order valence-electron chi connectivity index (χ2n) is 5.94. The van der Waals surface area contributed by atoms with Crippen molar-refractivity contribution in [3.05, 3.63) is 45.7 Å². The molecule has 0 fully saturated rings. The normalized spacial score (nSPS) is 12.9. The molecule has 0 radical (unpaired) electrons. The van der Waals surface area contributed by atoms with Crippen molar-refractivity contribution in [2.24, 2.45) is 0 Å². The molecule has 0 bridgehead atoms. The van der Waals surface area contributed by atoms with Gasteiger partial charge in [0.05, 0.1) is 11.4 Å². The van der Waals surface area contributed by atoms with Crippen LogP contribution in [-0.4, -0.2) is 22.4 Å². The minimum Gasteiger partial charge on any atom is -0.314 e. The van der Waals surface area contributed by atoms with Crippen LogP contribution >= 0.6 is 15.9 Å². The molecule has 1 aromatic heterocycles. The molecular formula is C17H24BrN3. The van der Waals surface area contributed by atoms with Gasteiger partial charge in [-0.05, 0) is 44.0 Å². The highest BCUT2D eigenvalue weighted by Crippen LogP contribution is 2.25. The van der Waals surface area contributed by atoms with Crippen LogP contribution in [-0.2, 0) is 0 Å². The molecule has 0 aliphatic carbocycles. The van der Waals surface area contributed by atoms with E-state index < -0.39 is 0 Å². The quantitative estimate of drug-likeness (QED) is 0.869. The topological polar surface area (TPSA) is 29.9 Å². The lowest BCUT2D eigenvalue weighted by atomic mass is 9.99. The largest absolute Gasteiger partial charge is 0.314 e. The second kappa shape index (κ2) is 6.75. The standard InChI is InChI=1S/C17H24BrN3/c1-11(2)19-10-12(3)17-13(4)20-21(14(17)5)16-8-6-15(18)7-9-16/h6-9,11-12,19H,10H2,1-5H3. The first-order chi connectivity index (χ1) is 9.90. The highest BCUT2D eigenvalue weighted by Gasteiger charge is 2.18. The second-order valence-corrected chi connectivity index (χ2v) is 6.85. The van der Waals surface area contributed by atoms with Crippen molar-refractivity contribution in [2.45, 2.75) is 46.6 Å². The molecule has 0 amide bonds. The van der Waals surface area contributed by atoms with Crippen molar-refractivity contribution in [3.63, 3.8) is 0 Å². The van der Waals surface area contributed by atoms with E-state index in [1.54, 1.807) is 0 Å². The first-order valence-electron chi connectivity index (χ1n) is 7.45. The van der Waals surface area contributed by atoms with Crippen LogP contribution < -0.4 is 5.32 Å². The summed E-state index contributed by atoms with van der Waals surface area (Å²) < 4.78 is 3.13. The third-order valence-corrected chi connectivity index (χ3v) is 4.27. The molecule has 0 spiro atoms. The van der Waals surface area contributed by atoms with Crippen molar-refractivity contribution in [1.82, 2.24) is 15.1 Å². The van der Waals surface area contributed by atoms with Gasteiger partial charge in [0.25, 0.3) is 0 Å². The smallest absolute Gasteiger partial charge is 0.0649 e. The van der Waals surface area contributed by atoms with Gasteiger partial charge in [0.1, 0.15) is 0 Å². The van der Waals surface area contributed by atoms with Gasteiger partial charge in [-0.3, -0.25) is 0 Å². The maximum atomic E-state index is 4.73. The molecule has 0 aliphatic heterocycles. The molecule has 4 heteroatoms. The minimum atomic E-state index is 0.455. The van der Waals surface area contributed by atoms with E-state index in [1.807, 2.05) is 4.68 Å². The van der Waals surface area contributed by atoms with Crippen molar-refractivity contribution < 1.29 is 0 Å². The molecule has 114 valence electrons. The van der Waals surface area contributed by atoms with Crippen LogP contribution in [0.2, 0.25) is 0 Å². The van der Waals surface area contributed by atoms with Crippen molar-refractivity contribution >= 4 is 15.9 Å². The summed E-state index contributed by atoms with van der Waals surface area (Å²) in [4.78, 5) is 0. The van der Waals surface area contributed by atoms with Crippen LogP contribution in [0, 0.1) is 13.8 Å². The lowest BCUT2D eigenvalue weighted by molar-refractivity contribution is 0.546. The summed E-state index contributed by atoms with van der Waals surface area (Å²) in [6.45, 7) is 11.9. The molecule has 0 saturated carbocycles. The molecule has 1 N–H and O–H groups in total. The molecule has 1 atom stereocenters. The molecule has 1 aromatic carbocycles. The Morgan fingerprint density at radius 3 is 2.33 bits per heavy atom. The SMILES string of the molecule is Cc1nn(-c2ccc(Br)cc2)c(C)c1C(C)CNC(C)C. The zero-order valence-corrected chi connectivity index (χ0v) is 15.0. The fraction of sp³-hybridized carbons (Fsp3) is 0.471. The Hall–Kier alpha value is -1.13. The monoisotopic (exact) mass is 349 g/mol. The lowest BCUT2D eigenvalue weighted by Crippen LogP contribution is -2.27. The lowest BCUT2D eigenvalue weighted by Gasteiger charge is -2.16. The number of aryl methyl sites for hydroxylation is 1. The van der Waals surface area contributed by atoms with Crippen molar-refractivity contribution in [2.75, 3.05) is 6.54 Å². The Kier molecular flexibility index (Phi) is 5.22. The summed E-state index contributed by atoms with van der Waals surface area (Å²) in [5.74, 6) is 0.455. The molecule has 0 aliphatic rings. The highest BCUT2D eigenvalue weighted by molar-refractivity contribution is 9.10. The van der Waals surface area contributed by atoms with Gasteiger partial charge in [-0.2, -0.15) is 5.10 Å². The molecule has 2 aromatic rings. The Balaban J connectivity index is 2.31. The summed E-state index contributed by atoms with van der Waals surface area (Å²) in [6.07, 6.45) is 0. The van der Waals surface area contributed by atoms with E-state index in [0.29, 0.717) is 12.0 Å². The van der Waals surface area contributed by atoms with Gasteiger partial charge in [-0.25, -0.2) is 4.68 Å². The van der Waals surface area contributed by atoms with Gasteiger partial charge < -0.3 is 5.32 Å². The third-order valence-electron chi connectivity index (χ3n) is 3.74. The third kappa shape index (κ3) is 3.74. The zero-order valence-electron chi connectivity index (χ0n) is 13.4. The van der Waals surface area contributed by atoms with E-state index in [0.717, 1.165) is 22.4 Å². The molecule has 1 unspecified atom stereocenters. The van der Waals surface area contributed by atoms with Crippen LogP contribution in [0.4, 0.5) is 0 Å². The maximum absolute atomic E-state index is 4.73. The van der Waals surface area contributed by atoms with E-state index in [-0.39, 0.29) is 0 Å². The van der Waals surface area contributed by atoms with Gasteiger partial charge in [0, 0.05) is 28.3 Å². The predicted octanol–water partition coefficient (Wildman–Crippen LogP) is 4.35. The van der Waals surface area contributed by atoms with Crippen LogP contribution in [0.15, 0.2) is 28.7 Å². The average Bonchev–Trinajstić information content (AvgIpc) is 2.72. The van der Waals surface area contributed by atoms with E-state index in [2.05, 4.69) is 80.1 Å². The molecule has 1 heterocycles. The van der Waals surface area contributed by atoms with Crippen LogP contribution in [0.5, 0.6) is 0 Å². The summed E-state index contributed by atoms with van der Waals surface area (Å²) in [5, 5.41) is 8.24. The van der Waals surface area contributed by atoms with E-state index in [9.17, 15) is 0 Å². The van der Waals surface area contributed by atoms with Crippen LogP contribution in [0.1, 0.15) is 43.6 Å². The molecule has 0 saturated heterocycles. The van der Waals surface area contributed by atoms with E-state index >= 15 is 0 Å². The number of hydrogen-bond acceptors (Lipinski definition) is 2. The number of hydrogen-bond donors (Lipinski definition) is 1. The number of halogens is 1. The Morgan fingerprint density at radius 2 is 1.76 bits per heavy atom. The summed E-state index contributed by atoms with van der Waals surface area (Å²) >= 11 is 3.48. The van der Waals surface area contributed by atoms with E-state index in [1.165, 1.54) is 11.3 Å². The Labute approximate surface area is 135 Å². The molecule has 21 heavy (non-hydrogen) atoms. The van der Waals surface area contributed by atoms with Crippen molar-refractivity contribution in [1.29, 1.82) is 0 Å². The van der Waals surface area contributed by atoms with Crippen LogP contribution in [0.3, 0.4) is 0 Å². The van der Waals surface area contributed by atoms with Crippen molar-refractivity contribution in [3.8, 4) is 5.69 Å². The number of nitrogens with one attached hydrogen (secondary N) is 1. The fourth-order valence-corrected chi connectivity index (χ4v) is 2.98. The summed E-state index contributed by atoms with van der Waals surface area (Å²) in [5.41, 5.74) is 4.81. The molecular weight excluding hydrogens is 326 g/mol. The maximum Gasteiger partial charge on any atom is 0.0649 e. The first kappa shape index (κ1) is 16.2. The van der Waals surface area contributed by atoms with Gasteiger partial charge in [0.15, 0.2) is 0 Å². The predicted molar refractivity (Wildman–Crippen MR) is 92.3 cm³/mol. The first-order valence-corrected chi connectivity index (χ1v) is 8.25. The number of nitrogens with zero attached hydrogens (tertiary/aromatic N) is 2. The van der Waals surface area contributed by atoms with Gasteiger partial charge >= 0.3 is 0 Å². The van der Waals surface area contributed by atoms with Gasteiger partial charge in [0.2, 0.25) is 0 Å². The fourth-order valence-electron chi connectivity index (χ4n) is 2.72. The molecule has 3 nitrogen and oxygen atoms in total. The number of benzene rings is 1.